The maximum absolute atomic E-state index is 11.8. The maximum atomic E-state index is 11.8. The number of nitrogens with one attached hydrogen (secondary N) is 1. The molecule has 3 N–H and O–H groups in total. The third kappa shape index (κ3) is 5.02. The van der Waals surface area contributed by atoms with Crippen molar-refractivity contribution in [3.05, 3.63) is 0 Å². The molecule has 1 aliphatic carbocycles. The predicted molar refractivity (Wildman–Crippen MR) is 65.7 cm³/mol. The lowest BCUT2D eigenvalue weighted by Crippen LogP contribution is -2.37. The molecule has 0 aromatic rings. The molecule has 1 aliphatic rings. The largest absolute Gasteiger partial charge is 0.381 e. The highest BCUT2D eigenvalue weighted by Crippen LogP contribution is 2.21. The molecule has 100 valence electrons. The molecule has 17 heavy (non-hydrogen) atoms. The van der Waals surface area contributed by atoms with Crippen molar-refractivity contribution >= 4 is 5.91 Å². The van der Waals surface area contributed by atoms with Crippen molar-refractivity contribution in [3.8, 4) is 0 Å². The van der Waals surface area contributed by atoms with Gasteiger partial charge in [-0.05, 0) is 26.2 Å². The van der Waals surface area contributed by atoms with E-state index in [4.69, 9.17) is 15.2 Å². The summed E-state index contributed by atoms with van der Waals surface area (Å²) in [6, 6.07) is 0.243. The molecule has 1 fully saturated rings. The lowest BCUT2D eigenvalue weighted by atomic mass is 10.2. The molecular formula is C12H24N2O3. The van der Waals surface area contributed by atoms with Crippen molar-refractivity contribution in [1.29, 1.82) is 0 Å². The van der Waals surface area contributed by atoms with E-state index in [0.717, 1.165) is 19.3 Å². The summed E-state index contributed by atoms with van der Waals surface area (Å²) in [7, 11) is 1.72. The first-order chi connectivity index (χ1) is 8.19. The Kier molecular flexibility index (Phi) is 6.47. The Morgan fingerprint density at radius 2 is 2.29 bits per heavy atom. The third-order valence-electron chi connectivity index (χ3n) is 3.16. The monoisotopic (exact) mass is 244 g/mol. The molecule has 1 saturated carbocycles. The van der Waals surface area contributed by atoms with E-state index in [9.17, 15) is 4.79 Å². The minimum absolute atomic E-state index is 0.0238. The number of carbonyl (C=O) groups is 1. The van der Waals surface area contributed by atoms with Gasteiger partial charge in [0.2, 0.25) is 5.91 Å². The lowest BCUT2D eigenvalue weighted by molar-refractivity contribution is -0.124. The lowest BCUT2D eigenvalue weighted by Gasteiger charge is -2.17. The summed E-state index contributed by atoms with van der Waals surface area (Å²) < 4.78 is 10.6. The second-order valence-electron chi connectivity index (χ2n) is 4.45. The number of rotatable bonds is 7. The van der Waals surface area contributed by atoms with Gasteiger partial charge >= 0.3 is 0 Å². The molecule has 5 heteroatoms. The summed E-state index contributed by atoms with van der Waals surface area (Å²) in [5.74, 6) is 0.0238. The van der Waals surface area contributed by atoms with Gasteiger partial charge in [-0.2, -0.15) is 0 Å². The number of hydrogen-bond acceptors (Lipinski definition) is 4. The zero-order valence-corrected chi connectivity index (χ0v) is 10.8. The molecule has 1 amide bonds. The molecule has 0 saturated heterocycles. The van der Waals surface area contributed by atoms with E-state index in [1.807, 2.05) is 6.92 Å². The fourth-order valence-electron chi connectivity index (χ4n) is 2.22. The van der Waals surface area contributed by atoms with Crippen molar-refractivity contribution in [2.45, 2.75) is 50.9 Å². The summed E-state index contributed by atoms with van der Waals surface area (Å²) in [4.78, 5) is 11.8. The van der Waals surface area contributed by atoms with Crippen LogP contribution in [0.5, 0.6) is 0 Å². The Labute approximate surface area is 103 Å². The highest BCUT2D eigenvalue weighted by atomic mass is 16.5. The number of nitrogens with two attached hydrogens (primary N) is 1. The van der Waals surface area contributed by atoms with Gasteiger partial charge in [0.05, 0.1) is 18.6 Å². The second-order valence-corrected chi connectivity index (χ2v) is 4.45. The van der Waals surface area contributed by atoms with E-state index >= 15 is 0 Å². The minimum atomic E-state index is -0.167. The Bertz CT molecular complexity index is 236. The van der Waals surface area contributed by atoms with Crippen LogP contribution < -0.4 is 11.1 Å². The molecule has 5 nitrogen and oxygen atoms in total. The molecular weight excluding hydrogens is 220 g/mol. The number of methoxy groups -OCH3 is 1. The van der Waals surface area contributed by atoms with Crippen LogP contribution in [0.3, 0.4) is 0 Å². The van der Waals surface area contributed by atoms with Crippen LogP contribution >= 0.6 is 0 Å². The van der Waals surface area contributed by atoms with Gasteiger partial charge in [0.15, 0.2) is 0 Å². The normalized spacial score (nSPS) is 25.8. The standard InChI is InChI=1S/C12H24N2O3/c1-3-17-11(8-13)7-12(15)14-9-4-5-10(6-9)16-2/h9-11H,3-8,13H2,1-2H3,(H,14,15). The quantitative estimate of drug-likeness (QED) is 0.681. The van der Waals surface area contributed by atoms with E-state index in [0.29, 0.717) is 19.6 Å². The molecule has 3 unspecified atom stereocenters. The van der Waals surface area contributed by atoms with Crippen molar-refractivity contribution in [2.24, 2.45) is 5.73 Å². The Morgan fingerprint density at radius 3 is 2.82 bits per heavy atom. The fourth-order valence-corrected chi connectivity index (χ4v) is 2.22. The van der Waals surface area contributed by atoms with Gasteiger partial charge in [0, 0.05) is 26.3 Å². The minimum Gasteiger partial charge on any atom is -0.381 e. The van der Waals surface area contributed by atoms with Crippen molar-refractivity contribution < 1.29 is 14.3 Å². The van der Waals surface area contributed by atoms with Crippen LogP contribution in [0.25, 0.3) is 0 Å². The van der Waals surface area contributed by atoms with Crippen LogP contribution in [-0.2, 0) is 14.3 Å². The Morgan fingerprint density at radius 1 is 1.53 bits per heavy atom. The van der Waals surface area contributed by atoms with Crippen LogP contribution in [0.1, 0.15) is 32.6 Å². The highest BCUT2D eigenvalue weighted by Gasteiger charge is 2.26. The van der Waals surface area contributed by atoms with Gasteiger partial charge in [-0.15, -0.1) is 0 Å². The SMILES string of the molecule is CCOC(CN)CC(=O)NC1CCC(OC)C1. The van der Waals surface area contributed by atoms with Crippen LogP contribution in [0, 0.1) is 0 Å². The molecule has 0 heterocycles. The van der Waals surface area contributed by atoms with E-state index < -0.39 is 0 Å². The van der Waals surface area contributed by atoms with Gasteiger partial charge in [0.25, 0.3) is 0 Å². The first-order valence-corrected chi connectivity index (χ1v) is 6.33. The van der Waals surface area contributed by atoms with Gasteiger partial charge in [-0.3, -0.25) is 4.79 Å². The highest BCUT2D eigenvalue weighted by molar-refractivity contribution is 5.76. The molecule has 3 atom stereocenters. The Balaban J connectivity index is 2.24. The van der Waals surface area contributed by atoms with Crippen LogP contribution in [0.15, 0.2) is 0 Å². The molecule has 1 rings (SSSR count). The second kappa shape index (κ2) is 7.63. The summed E-state index contributed by atoms with van der Waals surface area (Å²) in [5, 5.41) is 3.01. The summed E-state index contributed by atoms with van der Waals surface area (Å²) in [6.45, 7) is 2.87. The van der Waals surface area contributed by atoms with E-state index in [1.54, 1.807) is 7.11 Å². The van der Waals surface area contributed by atoms with Crippen molar-refractivity contribution in [3.63, 3.8) is 0 Å². The molecule has 0 bridgehead atoms. The number of amides is 1. The summed E-state index contributed by atoms with van der Waals surface area (Å²) >= 11 is 0. The van der Waals surface area contributed by atoms with Crippen LogP contribution in [0.4, 0.5) is 0 Å². The summed E-state index contributed by atoms with van der Waals surface area (Å²) in [6.07, 6.45) is 3.39. The van der Waals surface area contributed by atoms with E-state index in [2.05, 4.69) is 5.32 Å². The van der Waals surface area contributed by atoms with Crippen LogP contribution in [-0.4, -0.2) is 44.4 Å². The van der Waals surface area contributed by atoms with Crippen molar-refractivity contribution in [1.82, 2.24) is 5.32 Å². The summed E-state index contributed by atoms with van der Waals surface area (Å²) in [5.41, 5.74) is 5.53. The van der Waals surface area contributed by atoms with E-state index in [1.165, 1.54) is 0 Å². The molecule has 0 aromatic heterocycles. The zero-order valence-electron chi connectivity index (χ0n) is 10.8. The predicted octanol–water partition coefficient (Wildman–Crippen LogP) is 0.424. The number of hydrogen-bond donors (Lipinski definition) is 2. The van der Waals surface area contributed by atoms with Gasteiger partial charge in [-0.1, -0.05) is 0 Å². The number of carbonyl (C=O) groups excluding carboxylic acids is 1. The first-order valence-electron chi connectivity index (χ1n) is 6.33. The zero-order chi connectivity index (χ0) is 12.7. The van der Waals surface area contributed by atoms with E-state index in [-0.39, 0.29) is 24.2 Å². The molecule has 0 aromatic carbocycles. The van der Waals surface area contributed by atoms with Crippen LogP contribution in [0.2, 0.25) is 0 Å². The molecule has 0 spiro atoms. The van der Waals surface area contributed by atoms with Gasteiger partial charge < -0.3 is 20.5 Å². The topological polar surface area (TPSA) is 73.6 Å². The van der Waals surface area contributed by atoms with Gasteiger partial charge in [-0.25, -0.2) is 0 Å². The smallest absolute Gasteiger partial charge is 0.222 e. The molecule has 0 aliphatic heterocycles. The van der Waals surface area contributed by atoms with Crippen molar-refractivity contribution in [2.75, 3.05) is 20.3 Å². The average Bonchev–Trinajstić information content (AvgIpc) is 2.76. The fraction of sp³-hybridized carbons (Fsp3) is 0.917. The van der Waals surface area contributed by atoms with Gasteiger partial charge in [0.1, 0.15) is 0 Å². The Hall–Kier alpha value is -0.650. The first kappa shape index (κ1) is 14.4. The number of ether oxygens (including phenoxy) is 2. The third-order valence-corrected chi connectivity index (χ3v) is 3.16. The average molecular weight is 244 g/mol. The maximum Gasteiger partial charge on any atom is 0.222 e. The molecule has 0 radical (unpaired) electrons.